The monoisotopic (exact) mass is 341 g/mol. The molecule has 4 rings (SSSR count). The minimum atomic E-state index is -0.177. The zero-order valence-corrected chi connectivity index (χ0v) is 14.5. The minimum Gasteiger partial charge on any atom is -0.339 e. The molecule has 6 heteroatoms. The molecule has 0 aromatic heterocycles. The summed E-state index contributed by atoms with van der Waals surface area (Å²) in [5.41, 5.74) is 2.21. The third-order valence-electron chi connectivity index (χ3n) is 5.61. The van der Waals surface area contributed by atoms with Crippen molar-refractivity contribution in [2.75, 3.05) is 37.6 Å². The average molecular weight is 341 g/mol. The second-order valence-corrected chi connectivity index (χ2v) is 7.15. The van der Waals surface area contributed by atoms with E-state index in [1.165, 1.54) is 5.56 Å². The molecule has 2 heterocycles. The normalized spacial score (nSPS) is 24.9. The summed E-state index contributed by atoms with van der Waals surface area (Å²) in [5.74, 6) is -0.132. The fourth-order valence-electron chi connectivity index (χ4n) is 3.98. The van der Waals surface area contributed by atoms with Gasteiger partial charge in [0.1, 0.15) is 0 Å². The van der Waals surface area contributed by atoms with Gasteiger partial charge in [-0.05, 0) is 24.5 Å². The molecule has 0 N–H and O–H groups in total. The highest BCUT2D eigenvalue weighted by Crippen LogP contribution is 2.43. The fraction of sp³-hybridized carbons (Fsp3) is 0.526. The molecule has 0 radical (unpaired) electrons. The molecular weight excluding hydrogens is 318 g/mol. The molecule has 2 fully saturated rings. The summed E-state index contributed by atoms with van der Waals surface area (Å²) in [5, 5.41) is 0. The van der Waals surface area contributed by atoms with Crippen molar-refractivity contribution >= 4 is 23.4 Å². The molecule has 2 unspecified atom stereocenters. The summed E-state index contributed by atoms with van der Waals surface area (Å²) in [6.45, 7) is 4.59. The Morgan fingerprint density at radius 2 is 1.52 bits per heavy atom. The van der Waals surface area contributed by atoms with Gasteiger partial charge in [-0.1, -0.05) is 18.2 Å². The van der Waals surface area contributed by atoms with Crippen LogP contribution in [0.5, 0.6) is 0 Å². The van der Waals surface area contributed by atoms with E-state index >= 15 is 0 Å². The topological polar surface area (TPSA) is 60.9 Å². The lowest BCUT2D eigenvalue weighted by Gasteiger charge is -2.34. The Hall–Kier alpha value is -2.37. The summed E-state index contributed by atoms with van der Waals surface area (Å²) in [6.07, 6.45) is 1.55. The molecule has 3 aliphatic rings. The molecule has 6 nitrogen and oxygen atoms in total. The van der Waals surface area contributed by atoms with Crippen LogP contribution < -0.4 is 4.90 Å². The van der Waals surface area contributed by atoms with E-state index in [4.69, 9.17) is 0 Å². The molecule has 0 spiro atoms. The molecular formula is C19H23N3O3. The van der Waals surface area contributed by atoms with Gasteiger partial charge in [0.05, 0.1) is 11.8 Å². The van der Waals surface area contributed by atoms with Crippen LogP contribution in [0, 0.1) is 11.8 Å². The maximum absolute atomic E-state index is 12.8. The number of carbonyl (C=O) groups is 3. The molecule has 1 aromatic carbocycles. The van der Waals surface area contributed by atoms with Crippen molar-refractivity contribution in [3.63, 3.8) is 0 Å². The number of anilines is 1. The number of amides is 3. The van der Waals surface area contributed by atoms with Gasteiger partial charge in [0, 0.05) is 45.3 Å². The van der Waals surface area contributed by atoms with Crippen LogP contribution in [-0.4, -0.2) is 60.2 Å². The van der Waals surface area contributed by atoms with E-state index in [-0.39, 0.29) is 29.6 Å². The van der Waals surface area contributed by atoms with Gasteiger partial charge in [-0.15, -0.1) is 0 Å². The fourth-order valence-corrected chi connectivity index (χ4v) is 3.98. The average Bonchev–Trinajstić information content (AvgIpc) is 3.32. The number of carbonyl (C=O) groups excluding carboxylic acids is 3. The Bertz CT molecular complexity index is 724. The Morgan fingerprint density at radius 1 is 0.880 bits per heavy atom. The van der Waals surface area contributed by atoms with E-state index in [1.807, 2.05) is 28.0 Å². The molecule has 3 amide bonds. The van der Waals surface area contributed by atoms with Crippen molar-refractivity contribution in [3.8, 4) is 0 Å². The molecule has 1 aromatic rings. The lowest BCUT2D eigenvalue weighted by atomic mass is 10.2. The first-order chi connectivity index (χ1) is 12.1. The van der Waals surface area contributed by atoms with Gasteiger partial charge >= 0.3 is 0 Å². The second kappa shape index (κ2) is 6.17. The van der Waals surface area contributed by atoms with Crippen molar-refractivity contribution in [2.24, 2.45) is 11.8 Å². The van der Waals surface area contributed by atoms with Gasteiger partial charge in [0.2, 0.25) is 17.7 Å². The largest absolute Gasteiger partial charge is 0.339 e. The van der Waals surface area contributed by atoms with E-state index in [9.17, 15) is 14.4 Å². The maximum Gasteiger partial charge on any atom is 0.230 e. The van der Waals surface area contributed by atoms with Crippen LogP contribution in [0.4, 0.5) is 5.69 Å². The summed E-state index contributed by atoms with van der Waals surface area (Å²) in [7, 11) is 0. The predicted molar refractivity (Wildman–Crippen MR) is 92.9 cm³/mol. The first-order valence-corrected chi connectivity index (χ1v) is 9.00. The van der Waals surface area contributed by atoms with E-state index in [1.54, 1.807) is 11.8 Å². The predicted octanol–water partition coefficient (Wildman–Crippen LogP) is 0.903. The number of nitrogens with zero attached hydrogens (tertiary/aromatic N) is 3. The van der Waals surface area contributed by atoms with Crippen LogP contribution >= 0.6 is 0 Å². The highest BCUT2D eigenvalue weighted by Gasteiger charge is 2.51. The standard InChI is InChI=1S/C19H23N3O3/c1-13(23)20-8-10-21(11-9-20)18(24)15-12-16(15)19(25)22-7-6-14-4-2-3-5-17(14)22/h2-5,15-16H,6-12H2,1H3. The zero-order valence-electron chi connectivity index (χ0n) is 14.5. The van der Waals surface area contributed by atoms with Gasteiger partial charge in [0.25, 0.3) is 0 Å². The summed E-state index contributed by atoms with van der Waals surface area (Å²) < 4.78 is 0. The summed E-state index contributed by atoms with van der Waals surface area (Å²) >= 11 is 0. The number of benzene rings is 1. The number of rotatable bonds is 2. The number of para-hydroxylation sites is 1. The van der Waals surface area contributed by atoms with Gasteiger partial charge in [0.15, 0.2) is 0 Å². The quantitative estimate of drug-likeness (QED) is 0.803. The minimum absolute atomic E-state index is 0.0549. The van der Waals surface area contributed by atoms with Crippen molar-refractivity contribution < 1.29 is 14.4 Å². The molecule has 1 saturated heterocycles. The highest BCUT2D eigenvalue weighted by atomic mass is 16.2. The Labute approximate surface area is 147 Å². The molecule has 1 aliphatic carbocycles. The first-order valence-electron chi connectivity index (χ1n) is 9.00. The molecule has 1 saturated carbocycles. The maximum atomic E-state index is 12.8. The third-order valence-corrected chi connectivity index (χ3v) is 5.61. The van der Waals surface area contributed by atoms with E-state index in [0.717, 1.165) is 12.1 Å². The van der Waals surface area contributed by atoms with Crippen LogP contribution in [-0.2, 0) is 20.8 Å². The second-order valence-electron chi connectivity index (χ2n) is 7.15. The molecule has 2 aliphatic heterocycles. The number of hydrogen-bond donors (Lipinski definition) is 0. The van der Waals surface area contributed by atoms with Crippen LogP contribution in [0.2, 0.25) is 0 Å². The third kappa shape index (κ3) is 2.90. The SMILES string of the molecule is CC(=O)N1CCN(C(=O)C2CC2C(=O)N2CCc3ccccc32)CC1. The molecule has 2 atom stereocenters. The van der Waals surface area contributed by atoms with Crippen molar-refractivity contribution in [1.82, 2.24) is 9.80 Å². The summed E-state index contributed by atoms with van der Waals surface area (Å²) in [4.78, 5) is 42.3. The number of hydrogen-bond acceptors (Lipinski definition) is 3. The van der Waals surface area contributed by atoms with Gasteiger partial charge in [-0.2, -0.15) is 0 Å². The van der Waals surface area contributed by atoms with Crippen LogP contribution in [0.1, 0.15) is 18.9 Å². The lowest BCUT2D eigenvalue weighted by molar-refractivity contribution is -0.140. The van der Waals surface area contributed by atoms with Gasteiger partial charge in [-0.3, -0.25) is 14.4 Å². The smallest absolute Gasteiger partial charge is 0.230 e. The van der Waals surface area contributed by atoms with Crippen molar-refractivity contribution in [1.29, 1.82) is 0 Å². The first kappa shape index (κ1) is 16.1. The molecule has 0 bridgehead atoms. The van der Waals surface area contributed by atoms with Gasteiger partial charge in [-0.25, -0.2) is 0 Å². The van der Waals surface area contributed by atoms with E-state index < -0.39 is 0 Å². The summed E-state index contributed by atoms with van der Waals surface area (Å²) in [6, 6.07) is 8.00. The van der Waals surface area contributed by atoms with Crippen LogP contribution in [0.15, 0.2) is 24.3 Å². The Morgan fingerprint density at radius 3 is 2.24 bits per heavy atom. The van der Waals surface area contributed by atoms with Crippen LogP contribution in [0.25, 0.3) is 0 Å². The van der Waals surface area contributed by atoms with Gasteiger partial charge < -0.3 is 14.7 Å². The Balaban J connectivity index is 1.36. The van der Waals surface area contributed by atoms with Crippen molar-refractivity contribution in [3.05, 3.63) is 29.8 Å². The molecule has 132 valence electrons. The van der Waals surface area contributed by atoms with E-state index in [2.05, 4.69) is 6.07 Å². The lowest BCUT2D eigenvalue weighted by Crippen LogP contribution is -2.50. The van der Waals surface area contributed by atoms with Crippen LogP contribution in [0.3, 0.4) is 0 Å². The molecule has 25 heavy (non-hydrogen) atoms. The van der Waals surface area contributed by atoms with E-state index in [0.29, 0.717) is 39.1 Å². The highest BCUT2D eigenvalue weighted by molar-refractivity contribution is 6.02. The Kier molecular flexibility index (Phi) is 3.98. The zero-order chi connectivity index (χ0) is 17.6. The van der Waals surface area contributed by atoms with Crippen molar-refractivity contribution in [2.45, 2.75) is 19.8 Å². The number of piperazine rings is 1. The number of fused-ring (bicyclic) bond motifs is 1.